The summed E-state index contributed by atoms with van der Waals surface area (Å²) in [5, 5.41) is 14.4. The summed E-state index contributed by atoms with van der Waals surface area (Å²) >= 11 is 0. The first-order chi connectivity index (χ1) is 16.3. The molecule has 2 heterocycles. The molecule has 0 radical (unpaired) electrons. The summed E-state index contributed by atoms with van der Waals surface area (Å²) in [5.41, 5.74) is 4.14. The zero-order valence-electron chi connectivity index (χ0n) is 18.0. The SMILES string of the molecule is Oc1ccc(-c2cccc3cc4ccccc4cc23)cc1.c1ccc(-c2ccccn2)nc1. The molecule has 0 amide bonds. The predicted molar refractivity (Wildman–Crippen MR) is 136 cm³/mol. The highest BCUT2D eigenvalue weighted by molar-refractivity contribution is 6.04. The summed E-state index contributed by atoms with van der Waals surface area (Å²) in [4.78, 5) is 8.37. The molecule has 0 aliphatic heterocycles. The van der Waals surface area contributed by atoms with Crippen LogP contribution in [0.1, 0.15) is 0 Å². The molecule has 158 valence electrons. The smallest absolute Gasteiger partial charge is 0.115 e. The maximum Gasteiger partial charge on any atom is 0.115 e. The fourth-order valence-electron chi connectivity index (χ4n) is 3.89. The summed E-state index contributed by atoms with van der Waals surface area (Å²) in [6.45, 7) is 0. The van der Waals surface area contributed by atoms with Crippen LogP contribution >= 0.6 is 0 Å². The van der Waals surface area contributed by atoms with Gasteiger partial charge in [0, 0.05) is 12.4 Å². The van der Waals surface area contributed by atoms with Crippen LogP contribution in [0.5, 0.6) is 5.75 Å². The lowest BCUT2D eigenvalue weighted by atomic mass is 9.95. The van der Waals surface area contributed by atoms with Crippen LogP contribution < -0.4 is 0 Å². The van der Waals surface area contributed by atoms with E-state index < -0.39 is 0 Å². The van der Waals surface area contributed by atoms with Crippen LogP contribution in [0.15, 0.2) is 128 Å². The largest absolute Gasteiger partial charge is 0.508 e. The van der Waals surface area contributed by atoms with Crippen LogP contribution in [0.4, 0.5) is 0 Å². The fraction of sp³-hybridized carbons (Fsp3) is 0. The quantitative estimate of drug-likeness (QED) is 0.291. The highest BCUT2D eigenvalue weighted by Gasteiger charge is 2.05. The van der Waals surface area contributed by atoms with Crippen LogP contribution in [-0.2, 0) is 0 Å². The minimum absolute atomic E-state index is 0.296. The molecular weight excluding hydrogens is 404 g/mol. The number of fused-ring (bicyclic) bond motifs is 2. The monoisotopic (exact) mass is 426 g/mol. The Kier molecular flexibility index (Phi) is 5.77. The molecule has 0 unspecified atom stereocenters. The van der Waals surface area contributed by atoms with E-state index >= 15 is 0 Å². The number of nitrogens with zero attached hydrogens (tertiary/aromatic N) is 2. The van der Waals surface area contributed by atoms with Crippen LogP contribution in [-0.4, -0.2) is 15.1 Å². The third-order valence-electron chi connectivity index (χ3n) is 5.52. The van der Waals surface area contributed by atoms with Crippen molar-refractivity contribution in [2.75, 3.05) is 0 Å². The summed E-state index contributed by atoms with van der Waals surface area (Å²) in [7, 11) is 0. The second-order valence-electron chi connectivity index (χ2n) is 7.70. The molecule has 2 aromatic heterocycles. The van der Waals surface area contributed by atoms with Crippen molar-refractivity contribution in [1.82, 2.24) is 9.97 Å². The Labute approximate surface area is 192 Å². The number of benzene rings is 4. The molecule has 4 aromatic carbocycles. The molecule has 0 bridgehead atoms. The van der Waals surface area contributed by atoms with Gasteiger partial charge in [0.25, 0.3) is 0 Å². The minimum atomic E-state index is 0.296. The molecule has 0 fully saturated rings. The van der Waals surface area contributed by atoms with Crippen molar-refractivity contribution in [3.8, 4) is 28.3 Å². The molecule has 0 spiro atoms. The number of hydrogen-bond acceptors (Lipinski definition) is 3. The van der Waals surface area contributed by atoms with Gasteiger partial charge in [-0.1, -0.05) is 66.7 Å². The average molecular weight is 427 g/mol. The van der Waals surface area contributed by atoms with Crippen molar-refractivity contribution in [1.29, 1.82) is 0 Å². The molecule has 3 nitrogen and oxygen atoms in total. The highest BCUT2D eigenvalue weighted by Crippen LogP contribution is 2.32. The van der Waals surface area contributed by atoms with E-state index in [1.165, 1.54) is 27.1 Å². The number of hydrogen-bond donors (Lipinski definition) is 1. The average Bonchev–Trinajstić information content (AvgIpc) is 2.89. The molecule has 33 heavy (non-hydrogen) atoms. The van der Waals surface area contributed by atoms with E-state index in [2.05, 4.69) is 64.6 Å². The number of phenols is 1. The zero-order valence-corrected chi connectivity index (χ0v) is 18.0. The van der Waals surface area contributed by atoms with E-state index in [1.807, 2.05) is 48.5 Å². The van der Waals surface area contributed by atoms with Gasteiger partial charge < -0.3 is 5.11 Å². The normalized spacial score (nSPS) is 10.5. The van der Waals surface area contributed by atoms with Crippen molar-refractivity contribution in [3.05, 3.63) is 128 Å². The number of pyridine rings is 2. The zero-order chi connectivity index (χ0) is 22.5. The van der Waals surface area contributed by atoms with E-state index in [-0.39, 0.29) is 0 Å². The van der Waals surface area contributed by atoms with Gasteiger partial charge in [-0.25, -0.2) is 0 Å². The summed E-state index contributed by atoms with van der Waals surface area (Å²) in [6.07, 6.45) is 3.54. The van der Waals surface area contributed by atoms with Gasteiger partial charge in [-0.15, -0.1) is 0 Å². The second kappa shape index (κ2) is 9.33. The molecule has 1 N–H and O–H groups in total. The Morgan fingerprint density at radius 1 is 0.485 bits per heavy atom. The van der Waals surface area contributed by atoms with E-state index in [0.717, 1.165) is 17.0 Å². The lowest BCUT2D eigenvalue weighted by Crippen LogP contribution is -1.83. The molecule has 6 aromatic rings. The minimum Gasteiger partial charge on any atom is -0.508 e. The van der Waals surface area contributed by atoms with Gasteiger partial charge in [0.15, 0.2) is 0 Å². The molecule has 0 saturated carbocycles. The predicted octanol–water partition coefficient (Wildman–Crippen LogP) is 7.51. The molecule has 0 aliphatic rings. The number of phenolic OH excluding ortho intramolecular Hbond substituents is 1. The van der Waals surface area contributed by atoms with E-state index in [9.17, 15) is 5.11 Å². The van der Waals surface area contributed by atoms with E-state index in [0.29, 0.717) is 5.75 Å². The van der Waals surface area contributed by atoms with Crippen molar-refractivity contribution in [2.24, 2.45) is 0 Å². The molecule has 3 heteroatoms. The maximum atomic E-state index is 9.46. The van der Waals surface area contributed by atoms with Gasteiger partial charge in [0.1, 0.15) is 5.75 Å². The van der Waals surface area contributed by atoms with Gasteiger partial charge in [-0.05, 0) is 81.2 Å². The van der Waals surface area contributed by atoms with Crippen molar-refractivity contribution < 1.29 is 5.11 Å². The Bertz CT molecular complexity index is 1460. The van der Waals surface area contributed by atoms with Crippen LogP contribution in [0.25, 0.3) is 44.1 Å². The van der Waals surface area contributed by atoms with Gasteiger partial charge in [0.05, 0.1) is 11.4 Å². The third kappa shape index (κ3) is 4.58. The highest BCUT2D eigenvalue weighted by atomic mass is 16.3. The maximum absolute atomic E-state index is 9.46. The molecule has 0 saturated heterocycles. The summed E-state index contributed by atoms with van der Waals surface area (Å²) < 4.78 is 0. The Balaban J connectivity index is 0.000000162. The van der Waals surface area contributed by atoms with Crippen molar-refractivity contribution in [3.63, 3.8) is 0 Å². The fourth-order valence-corrected chi connectivity index (χ4v) is 3.89. The summed E-state index contributed by atoms with van der Waals surface area (Å²) in [6, 6.07) is 38.2. The van der Waals surface area contributed by atoms with E-state index in [1.54, 1.807) is 24.5 Å². The first-order valence-electron chi connectivity index (χ1n) is 10.8. The topological polar surface area (TPSA) is 46.0 Å². The molecule has 6 rings (SSSR count). The van der Waals surface area contributed by atoms with Gasteiger partial charge in [0.2, 0.25) is 0 Å². The lowest BCUT2D eigenvalue weighted by molar-refractivity contribution is 0.475. The van der Waals surface area contributed by atoms with Crippen molar-refractivity contribution >= 4 is 21.5 Å². The van der Waals surface area contributed by atoms with Crippen molar-refractivity contribution in [2.45, 2.75) is 0 Å². The first kappa shape index (κ1) is 20.4. The van der Waals surface area contributed by atoms with Crippen LogP contribution in [0.3, 0.4) is 0 Å². The molecule has 0 aliphatic carbocycles. The summed E-state index contributed by atoms with van der Waals surface area (Å²) in [5.74, 6) is 0.296. The number of aromatic nitrogens is 2. The molecular formula is C30H22N2O. The Morgan fingerprint density at radius 3 is 1.67 bits per heavy atom. The number of rotatable bonds is 2. The van der Waals surface area contributed by atoms with Gasteiger partial charge in [-0.2, -0.15) is 0 Å². The Morgan fingerprint density at radius 2 is 1.06 bits per heavy atom. The standard InChI is InChI=1S/C20H14O.C10H8N2/c21-18-10-8-14(9-11-18)19-7-3-6-17-12-15-4-1-2-5-16(15)13-20(17)19;1-3-7-11-9(5-1)10-6-2-4-8-12-10/h1-13,21H;1-8H. The molecule has 0 atom stereocenters. The number of aromatic hydroxyl groups is 1. The van der Waals surface area contributed by atoms with Crippen LogP contribution in [0, 0.1) is 0 Å². The first-order valence-corrected chi connectivity index (χ1v) is 10.8. The Hall–Kier alpha value is -4.50. The second-order valence-corrected chi connectivity index (χ2v) is 7.70. The van der Waals surface area contributed by atoms with E-state index in [4.69, 9.17) is 0 Å². The lowest BCUT2D eigenvalue weighted by Gasteiger charge is -2.09. The van der Waals surface area contributed by atoms with Gasteiger partial charge in [-0.3, -0.25) is 9.97 Å². The third-order valence-corrected chi connectivity index (χ3v) is 5.52. The van der Waals surface area contributed by atoms with Gasteiger partial charge >= 0.3 is 0 Å². The van der Waals surface area contributed by atoms with Crippen LogP contribution in [0.2, 0.25) is 0 Å².